The second-order valence-electron chi connectivity index (χ2n) is 9.43. The van der Waals surface area contributed by atoms with Gasteiger partial charge in [-0.3, -0.25) is 19.2 Å². The van der Waals surface area contributed by atoms with E-state index in [1.807, 2.05) is 45.0 Å². The third kappa shape index (κ3) is 6.81. The number of benzene rings is 2. The van der Waals surface area contributed by atoms with Crippen LogP contribution in [0.2, 0.25) is 0 Å². The highest BCUT2D eigenvalue weighted by Gasteiger charge is 2.37. The Labute approximate surface area is 203 Å². The number of carboxylic acid groups (broad SMARTS) is 1. The number of nitrogens with two attached hydrogens (primary N) is 1. The van der Waals surface area contributed by atoms with Gasteiger partial charge < -0.3 is 25.2 Å². The van der Waals surface area contributed by atoms with Crippen LogP contribution in [0.1, 0.15) is 60.7 Å². The lowest BCUT2D eigenvalue weighted by molar-refractivity contribution is -0.154. The first-order valence-corrected chi connectivity index (χ1v) is 11.3. The maximum atomic E-state index is 12.9. The van der Waals surface area contributed by atoms with Gasteiger partial charge in [0.15, 0.2) is 0 Å². The van der Waals surface area contributed by atoms with Gasteiger partial charge in [0.1, 0.15) is 24.0 Å². The van der Waals surface area contributed by atoms with E-state index in [1.165, 1.54) is 4.90 Å². The van der Waals surface area contributed by atoms with Crippen molar-refractivity contribution in [2.45, 2.75) is 64.8 Å². The van der Waals surface area contributed by atoms with E-state index in [9.17, 15) is 19.2 Å². The topological polar surface area (TPSA) is 136 Å². The predicted molar refractivity (Wildman–Crippen MR) is 126 cm³/mol. The molecule has 0 aromatic heterocycles. The van der Waals surface area contributed by atoms with E-state index in [4.69, 9.17) is 20.3 Å². The van der Waals surface area contributed by atoms with Crippen molar-refractivity contribution in [2.24, 2.45) is 5.73 Å². The van der Waals surface area contributed by atoms with E-state index >= 15 is 0 Å². The number of primary amides is 1. The molecule has 0 aliphatic carbocycles. The molecule has 0 spiro atoms. The van der Waals surface area contributed by atoms with Crippen molar-refractivity contribution in [2.75, 3.05) is 0 Å². The zero-order valence-electron chi connectivity index (χ0n) is 20.1. The number of aliphatic carboxylic acids is 1. The molecule has 0 saturated carbocycles. The van der Waals surface area contributed by atoms with Crippen molar-refractivity contribution in [1.82, 2.24) is 4.90 Å². The summed E-state index contributed by atoms with van der Waals surface area (Å²) in [6.45, 7) is 5.80. The number of rotatable bonds is 10. The van der Waals surface area contributed by atoms with Crippen molar-refractivity contribution in [3.8, 4) is 5.75 Å². The quantitative estimate of drug-likeness (QED) is 0.497. The maximum absolute atomic E-state index is 12.9. The Morgan fingerprint density at radius 3 is 2.34 bits per heavy atom. The zero-order chi connectivity index (χ0) is 25.8. The summed E-state index contributed by atoms with van der Waals surface area (Å²) in [5.74, 6) is -2.00. The number of hydrogen-bond acceptors (Lipinski definition) is 6. The van der Waals surface area contributed by atoms with Crippen LogP contribution in [0.25, 0.3) is 0 Å². The Hall–Kier alpha value is -3.88. The van der Waals surface area contributed by atoms with Crippen LogP contribution < -0.4 is 10.5 Å². The van der Waals surface area contributed by atoms with Gasteiger partial charge in [0.25, 0.3) is 5.91 Å². The molecule has 35 heavy (non-hydrogen) atoms. The first-order valence-electron chi connectivity index (χ1n) is 11.3. The summed E-state index contributed by atoms with van der Waals surface area (Å²) in [5, 5.41) is 8.96. The van der Waals surface area contributed by atoms with Crippen molar-refractivity contribution < 1.29 is 33.8 Å². The molecule has 2 aromatic rings. The highest BCUT2D eigenvalue weighted by Crippen LogP contribution is 2.33. The number of esters is 1. The summed E-state index contributed by atoms with van der Waals surface area (Å²) in [4.78, 5) is 49.1. The number of hydrogen-bond donors (Lipinski definition) is 2. The Morgan fingerprint density at radius 2 is 1.74 bits per heavy atom. The lowest BCUT2D eigenvalue weighted by Gasteiger charge is -2.24. The molecule has 3 rings (SSSR count). The average molecular weight is 483 g/mol. The van der Waals surface area contributed by atoms with Gasteiger partial charge in [-0.1, -0.05) is 30.3 Å². The fourth-order valence-electron chi connectivity index (χ4n) is 3.88. The van der Waals surface area contributed by atoms with Crippen LogP contribution in [0.15, 0.2) is 42.5 Å². The van der Waals surface area contributed by atoms with E-state index in [-0.39, 0.29) is 44.3 Å². The van der Waals surface area contributed by atoms with Crippen molar-refractivity contribution in [3.63, 3.8) is 0 Å². The molecule has 9 nitrogen and oxygen atoms in total. The molecule has 2 amide bonds. The smallest absolute Gasteiger partial charge is 0.310 e. The number of carbonyl (C=O) groups excluding carboxylic acids is 3. The summed E-state index contributed by atoms with van der Waals surface area (Å²) >= 11 is 0. The van der Waals surface area contributed by atoms with Crippen LogP contribution in [0.5, 0.6) is 5.75 Å². The second kappa shape index (κ2) is 10.6. The molecule has 1 aliphatic rings. The van der Waals surface area contributed by atoms with E-state index in [2.05, 4.69) is 0 Å². The van der Waals surface area contributed by atoms with Gasteiger partial charge in [-0.2, -0.15) is 0 Å². The lowest BCUT2D eigenvalue weighted by Crippen LogP contribution is -2.45. The zero-order valence-corrected chi connectivity index (χ0v) is 20.1. The molecule has 1 aliphatic heterocycles. The van der Waals surface area contributed by atoms with Gasteiger partial charge in [-0.15, -0.1) is 0 Å². The molecule has 0 radical (unpaired) electrons. The molecule has 1 unspecified atom stereocenters. The van der Waals surface area contributed by atoms with Gasteiger partial charge >= 0.3 is 11.9 Å². The Kier molecular flexibility index (Phi) is 7.78. The number of carbonyl (C=O) groups is 4. The largest absolute Gasteiger partial charge is 0.489 e. The van der Waals surface area contributed by atoms with Crippen molar-refractivity contribution in [1.29, 1.82) is 0 Å². The van der Waals surface area contributed by atoms with Gasteiger partial charge in [-0.05, 0) is 50.5 Å². The minimum atomic E-state index is -1.07. The standard InChI is InChI=1S/C26H30N2O7/c1-26(2,3)35-23(31)13-16-7-9-17(10-8-16)15-34-21-6-4-5-18-19(21)14-28(25(18)33)20(24(27)32)11-12-22(29)30/h4-10,20H,11-15H2,1-3H3,(H2,27,32)(H,29,30). The van der Waals surface area contributed by atoms with Gasteiger partial charge in [0, 0.05) is 17.5 Å². The SMILES string of the molecule is CC(C)(C)OC(=O)Cc1ccc(COc2cccc3c2CN(C(CCC(=O)O)C(N)=O)C3=O)cc1. The fourth-order valence-corrected chi connectivity index (χ4v) is 3.88. The molecular formula is C26H30N2O7. The number of ether oxygens (including phenoxy) is 2. The fraction of sp³-hybridized carbons (Fsp3) is 0.385. The molecule has 3 N–H and O–H groups in total. The monoisotopic (exact) mass is 482 g/mol. The van der Waals surface area contributed by atoms with E-state index in [0.29, 0.717) is 16.9 Å². The molecule has 186 valence electrons. The number of carboxylic acids is 1. The van der Waals surface area contributed by atoms with Crippen molar-refractivity contribution in [3.05, 3.63) is 64.7 Å². The van der Waals surface area contributed by atoms with E-state index < -0.39 is 23.5 Å². The number of amides is 2. The second-order valence-corrected chi connectivity index (χ2v) is 9.43. The summed E-state index contributed by atoms with van der Waals surface area (Å²) in [7, 11) is 0. The van der Waals surface area contributed by atoms with Gasteiger partial charge in [0.2, 0.25) is 5.91 Å². The minimum Gasteiger partial charge on any atom is -0.489 e. The van der Waals surface area contributed by atoms with Crippen molar-refractivity contribution >= 4 is 23.8 Å². The Balaban J connectivity index is 1.66. The van der Waals surface area contributed by atoms with Gasteiger partial charge in [-0.25, -0.2) is 0 Å². The maximum Gasteiger partial charge on any atom is 0.310 e. The highest BCUT2D eigenvalue weighted by molar-refractivity contribution is 6.01. The average Bonchev–Trinajstić information content (AvgIpc) is 3.08. The van der Waals surface area contributed by atoms with Crippen LogP contribution in [0, 0.1) is 0 Å². The van der Waals surface area contributed by atoms with Crippen LogP contribution in [-0.4, -0.2) is 45.4 Å². The third-order valence-electron chi connectivity index (χ3n) is 5.47. The molecule has 0 saturated heterocycles. The van der Waals surface area contributed by atoms with E-state index in [0.717, 1.165) is 11.1 Å². The molecule has 1 atom stereocenters. The number of fused-ring (bicyclic) bond motifs is 1. The first-order chi connectivity index (χ1) is 16.4. The van der Waals surface area contributed by atoms with Crippen LogP contribution in [0.3, 0.4) is 0 Å². The molecular weight excluding hydrogens is 452 g/mol. The minimum absolute atomic E-state index is 0.0593. The van der Waals surface area contributed by atoms with Crippen LogP contribution in [-0.2, 0) is 38.7 Å². The Bertz CT molecular complexity index is 1120. The molecule has 0 fully saturated rings. The summed E-state index contributed by atoms with van der Waals surface area (Å²) in [5.41, 5.74) is 7.64. The van der Waals surface area contributed by atoms with Gasteiger partial charge in [0.05, 0.1) is 13.0 Å². The highest BCUT2D eigenvalue weighted by atomic mass is 16.6. The lowest BCUT2D eigenvalue weighted by atomic mass is 10.1. The first kappa shape index (κ1) is 25.7. The Morgan fingerprint density at radius 1 is 1.09 bits per heavy atom. The number of nitrogens with zero attached hydrogens (tertiary/aromatic N) is 1. The summed E-state index contributed by atoms with van der Waals surface area (Å²) < 4.78 is 11.3. The summed E-state index contributed by atoms with van der Waals surface area (Å²) in [6, 6.07) is 11.4. The molecule has 1 heterocycles. The normalized spacial score (nSPS) is 13.8. The van der Waals surface area contributed by atoms with Crippen LogP contribution in [0.4, 0.5) is 0 Å². The third-order valence-corrected chi connectivity index (χ3v) is 5.47. The molecule has 9 heteroatoms. The summed E-state index contributed by atoms with van der Waals surface area (Å²) in [6.07, 6.45) is -0.164. The molecule has 0 bridgehead atoms. The van der Waals surface area contributed by atoms with Crippen LogP contribution >= 0.6 is 0 Å². The predicted octanol–water partition coefficient (Wildman–Crippen LogP) is 2.82. The van der Waals surface area contributed by atoms with E-state index in [1.54, 1.807) is 18.2 Å². The molecule has 2 aromatic carbocycles.